The highest BCUT2D eigenvalue weighted by molar-refractivity contribution is 5.83. The summed E-state index contributed by atoms with van der Waals surface area (Å²) in [5, 5.41) is 0. The minimum absolute atomic E-state index is 1.10. The number of aryl methyl sites for hydroxylation is 4. The Bertz CT molecular complexity index is 2170. The molecule has 268 valence electrons. The highest BCUT2D eigenvalue weighted by Gasteiger charge is 2.12. The minimum atomic E-state index is 1.10. The summed E-state index contributed by atoms with van der Waals surface area (Å²) in [4.78, 5) is 2.31. The van der Waals surface area contributed by atoms with E-state index in [1.807, 2.05) is 0 Å². The van der Waals surface area contributed by atoms with Gasteiger partial charge in [0, 0.05) is 17.1 Å². The molecule has 7 rings (SSSR count). The Labute approximate surface area is 327 Å². The topological polar surface area (TPSA) is 3.24 Å². The summed E-state index contributed by atoms with van der Waals surface area (Å²) in [7, 11) is 0. The predicted octanol–water partition coefficient (Wildman–Crippen LogP) is 14.7. The normalized spacial score (nSPS) is 11.1. The van der Waals surface area contributed by atoms with Crippen LogP contribution in [0.15, 0.2) is 200 Å². The van der Waals surface area contributed by atoms with Crippen molar-refractivity contribution in [3.05, 3.63) is 256 Å². The standard InChI is InChI=1S/C54H47N/c1-40-16-28-46(29-17-40)53(47-30-18-41(2)19-31-47)14-8-10-44-24-36-51(37-25-44)55(50-12-6-5-7-13-50)52-38-26-45(27-39-52)11-9-15-54(48-32-20-42(3)21-33-48)49-34-22-43(4)23-35-49/h5-39H,1-4H3/b10-8+,11-9+. The molecule has 7 aromatic rings. The van der Waals surface area contributed by atoms with Gasteiger partial charge in [-0.3, -0.25) is 0 Å². The summed E-state index contributed by atoms with van der Waals surface area (Å²) in [6, 6.07) is 63.2. The van der Waals surface area contributed by atoms with Gasteiger partial charge in [0.1, 0.15) is 0 Å². The molecule has 0 aromatic heterocycles. The van der Waals surface area contributed by atoms with Gasteiger partial charge in [-0.15, -0.1) is 0 Å². The molecule has 7 aromatic carbocycles. The smallest absolute Gasteiger partial charge is 0.0462 e. The van der Waals surface area contributed by atoms with E-state index in [0.717, 1.165) is 28.2 Å². The fraction of sp³-hybridized carbons (Fsp3) is 0.0741. The van der Waals surface area contributed by atoms with E-state index in [4.69, 9.17) is 0 Å². The molecule has 0 saturated heterocycles. The molecule has 0 heterocycles. The van der Waals surface area contributed by atoms with E-state index >= 15 is 0 Å². The maximum absolute atomic E-state index is 2.31. The summed E-state index contributed by atoms with van der Waals surface area (Å²) in [6.07, 6.45) is 13.1. The van der Waals surface area contributed by atoms with Crippen LogP contribution >= 0.6 is 0 Å². The Morgan fingerprint density at radius 1 is 0.327 bits per heavy atom. The van der Waals surface area contributed by atoms with Crippen LogP contribution in [0.1, 0.15) is 55.6 Å². The third kappa shape index (κ3) is 9.46. The van der Waals surface area contributed by atoms with Crippen molar-refractivity contribution in [3.63, 3.8) is 0 Å². The van der Waals surface area contributed by atoms with E-state index in [-0.39, 0.29) is 0 Å². The molecule has 0 fully saturated rings. The van der Waals surface area contributed by atoms with Gasteiger partial charge >= 0.3 is 0 Å². The molecule has 0 aliphatic heterocycles. The zero-order valence-corrected chi connectivity index (χ0v) is 32.2. The second-order valence-corrected chi connectivity index (χ2v) is 14.2. The van der Waals surface area contributed by atoms with Crippen LogP contribution in [0.4, 0.5) is 17.1 Å². The monoisotopic (exact) mass is 709 g/mol. The van der Waals surface area contributed by atoms with Crippen LogP contribution in [-0.4, -0.2) is 0 Å². The van der Waals surface area contributed by atoms with Crippen molar-refractivity contribution < 1.29 is 0 Å². The van der Waals surface area contributed by atoms with Crippen molar-refractivity contribution >= 4 is 40.4 Å². The predicted molar refractivity (Wildman–Crippen MR) is 238 cm³/mol. The van der Waals surface area contributed by atoms with Gasteiger partial charge in [-0.1, -0.05) is 198 Å². The molecule has 1 nitrogen and oxygen atoms in total. The van der Waals surface area contributed by atoms with Crippen molar-refractivity contribution in [2.75, 3.05) is 4.90 Å². The highest BCUT2D eigenvalue weighted by Crippen LogP contribution is 2.35. The van der Waals surface area contributed by atoms with Gasteiger partial charge in [0.25, 0.3) is 0 Å². The maximum Gasteiger partial charge on any atom is 0.0462 e. The van der Waals surface area contributed by atoms with E-state index in [2.05, 4.69) is 245 Å². The van der Waals surface area contributed by atoms with E-state index in [1.165, 1.54) is 55.7 Å². The number of hydrogen-bond donors (Lipinski definition) is 0. The van der Waals surface area contributed by atoms with E-state index in [9.17, 15) is 0 Å². The number of allylic oxidation sites excluding steroid dienone is 4. The second-order valence-electron chi connectivity index (χ2n) is 14.2. The number of benzene rings is 7. The molecule has 0 saturated carbocycles. The van der Waals surface area contributed by atoms with Crippen molar-refractivity contribution in [2.24, 2.45) is 0 Å². The molecule has 0 aliphatic rings. The number of para-hydroxylation sites is 1. The molecule has 0 atom stereocenters. The van der Waals surface area contributed by atoms with E-state index < -0.39 is 0 Å². The van der Waals surface area contributed by atoms with Gasteiger partial charge in [-0.05, 0) is 109 Å². The zero-order valence-electron chi connectivity index (χ0n) is 32.2. The third-order valence-electron chi connectivity index (χ3n) is 9.87. The lowest BCUT2D eigenvalue weighted by Gasteiger charge is -2.25. The molecule has 0 aliphatic carbocycles. The van der Waals surface area contributed by atoms with Crippen LogP contribution in [0, 0.1) is 27.7 Å². The van der Waals surface area contributed by atoms with Crippen LogP contribution < -0.4 is 4.90 Å². The van der Waals surface area contributed by atoms with E-state index in [1.54, 1.807) is 0 Å². The SMILES string of the molecule is Cc1ccc(C(=C/C=C/c2ccc(N(c3ccccc3)c3ccc(/C=C/C=C(c4ccc(C)cc4)c4ccc(C)cc4)cc3)cc2)c2ccc(C)cc2)cc1. The van der Waals surface area contributed by atoms with Gasteiger partial charge in [0.05, 0.1) is 0 Å². The van der Waals surface area contributed by atoms with Gasteiger partial charge in [-0.2, -0.15) is 0 Å². The molecule has 0 bridgehead atoms. The lowest BCUT2D eigenvalue weighted by molar-refractivity contribution is 1.28. The van der Waals surface area contributed by atoms with Gasteiger partial charge in [0.2, 0.25) is 0 Å². The number of nitrogens with zero attached hydrogens (tertiary/aromatic N) is 1. The molecule has 0 radical (unpaired) electrons. The Morgan fingerprint density at radius 2 is 0.618 bits per heavy atom. The summed E-state index contributed by atoms with van der Waals surface area (Å²) < 4.78 is 0. The first-order chi connectivity index (χ1) is 26.9. The zero-order chi connectivity index (χ0) is 38.0. The molecule has 55 heavy (non-hydrogen) atoms. The average Bonchev–Trinajstić information content (AvgIpc) is 3.22. The average molecular weight is 710 g/mol. The largest absolute Gasteiger partial charge is 0.311 e. The Kier molecular flexibility index (Phi) is 11.6. The first-order valence-electron chi connectivity index (χ1n) is 19.0. The van der Waals surface area contributed by atoms with Crippen molar-refractivity contribution in [2.45, 2.75) is 27.7 Å². The Hall–Kier alpha value is -6.70. The molecule has 0 spiro atoms. The molecule has 1 heteroatoms. The first-order valence-corrected chi connectivity index (χ1v) is 19.0. The van der Waals surface area contributed by atoms with Crippen LogP contribution in [0.25, 0.3) is 23.3 Å². The fourth-order valence-electron chi connectivity index (χ4n) is 6.65. The van der Waals surface area contributed by atoms with Crippen molar-refractivity contribution in [3.8, 4) is 0 Å². The van der Waals surface area contributed by atoms with Crippen LogP contribution in [0.2, 0.25) is 0 Å². The summed E-state index contributed by atoms with van der Waals surface area (Å²) in [6.45, 7) is 8.51. The lowest BCUT2D eigenvalue weighted by atomic mass is 9.96. The summed E-state index contributed by atoms with van der Waals surface area (Å²) >= 11 is 0. The van der Waals surface area contributed by atoms with Crippen molar-refractivity contribution in [1.82, 2.24) is 0 Å². The first kappa shape index (κ1) is 36.6. The lowest BCUT2D eigenvalue weighted by Crippen LogP contribution is -2.09. The Balaban J connectivity index is 1.13. The van der Waals surface area contributed by atoms with Crippen LogP contribution in [-0.2, 0) is 0 Å². The summed E-state index contributed by atoms with van der Waals surface area (Å²) in [5.74, 6) is 0. The highest BCUT2D eigenvalue weighted by atomic mass is 15.1. The van der Waals surface area contributed by atoms with Crippen LogP contribution in [0.3, 0.4) is 0 Å². The van der Waals surface area contributed by atoms with Gasteiger partial charge in [-0.25, -0.2) is 0 Å². The van der Waals surface area contributed by atoms with Gasteiger partial charge < -0.3 is 4.90 Å². The molecule has 0 amide bonds. The van der Waals surface area contributed by atoms with Crippen LogP contribution in [0.5, 0.6) is 0 Å². The maximum atomic E-state index is 2.31. The molecule has 0 N–H and O–H groups in total. The number of anilines is 3. The summed E-state index contributed by atoms with van der Waals surface area (Å²) in [5.41, 5.74) is 17.9. The molecular weight excluding hydrogens is 663 g/mol. The fourth-order valence-corrected chi connectivity index (χ4v) is 6.65. The van der Waals surface area contributed by atoms with Crippen molar-refractivity contribution in [1.29, 1.82) is 0 Å². The number of hydrogen-bond acceptors (Lipinski definition) is 1. The number of rotatable bonds is 11. The van der Waals surface area contributed by atoms with Gasteiger partial charge in [0.15, 0.2) is 0 Å². The third-order valence-corrected chi connectivity index (χ3v) is 9.87. The Morgan fingerprint density at radius 3 is 0.927 bits per heavy atom. The molecular formula is C54H47N. The quantitative estimate of drug-likeness (QED) is 0.121. The minimum Gasteiger partial charge on any atom is -0.311 e. The second kappa shape index (κ2) is 17.4. The molecule has 0 unspecified atom stereocenters. The van der Waals surface area contributed by atoms with E-state index in [0.29, 0.717) is 0 Å².